The van der Waals surface area contributed by atoms with Crippen molar-refractivity contribution >= 4 is 5.78 Å². The average molecular weight is 281 g/mol. The fourth-order valence-corrected chi connectivity index (χ4v) is 2.34. The van der Waals surface area contributed by atoms with Gasteiger partial charge in [0.1, 0.15) is 11.6 Å². The number of rotatable bonds is 4. The number of hydrogen-bond donors (Lipinski definition) is 0. The predicted octanol–water partition coefficient (Wildman–Crippen LogP) is 2.13. The molecule has 1 aliphatic heterocycles. The topological polar surface area (TPSA) is 38.8 Å². The molecule has 0 N–H and O–H groups in total. The zero-order valence-corrected chi connectivity index (χ0v) is 12.1. The lowest BCUT2D eigenvalue weighted by Crippen LogP contribution is -2.54. The van der Waals surface area contributed by atoms with Crippen LogP contribution in [0.4, 0.5) is 4.39 Å². The Labute approximate surface area is 118 Å². The minimum atomic E-state index is -0.435. The molecule has 0 bridgehead atoms. The Bertz CT molecular complexity index is 502. The Hall–Kier alpha value is -1.46. The van der Waals surface area contributed by atoms with Crippen LogP contribution in [0.2, 0.25) is 0 Å². The van der Waals surface area contributed by atoms with Crippen molar-refractivity contribution in [2.75, 3.05) is 33.4 Å². The van der Waals surface area contributed by atoms with Crippen molar-refractivity contribution < 1.29 is 18.7 Å². The second kappa shape index (κ2) is 5.89. The number of Topliss-reactive ketones (excluding diaryl/α,β-unsaturated/α-hetero) is 1. The lowest BCUT2D eigenvalue weighted by Gasteiger charge is -2.41. The van der Waals surface area contributed by atoms with Gasteiger partial charge in [0.2, 0.25) is 0 Å². The number of carbonyl (C=O) groups is 1. The minimum Gasteiger partial charge on any atom is -0.496 e. The number of benzene rings is 1. The molecule has 1 aromatic rings. The van der Waals surface area contributed by atoms with Gasteiger partial charge in [-0.1, -0.05) is 0 Å². The van der Waals surface area contributed by atoms with Crippen molar-refractivity contribution in [3.8, 4) is 5.75 Å². The molecular formula is C15H20FNO3. The Morgan fingerprint density at radius 2 is 2.25 bits per heavy atom. The quantitative estimate of drug-likeness (QED) is 0.793. The van der Waals surface area contributed by atoms with E-state index in [0.29, 0.717) is 25.5 Å². The fraction of sp³-hybridized carbons (Fsp3) is 0.533. The van der Waals surface area contributed by atoms with Gasteiger partial charge in [-0.05, 0) is 32.0 Å². The molecule has 0 amide bonds. The summed E-state index contributed by atoms with van der Waals surface area (Å²) < 4.78 is 23.9. The molecule has 0 radical (unpaired) electrons. The van der Waals surface area contributed by atoms with Crippen LogP contribution >= 0.6 is 0 Å². The molecule has 0 aromatic heterocycles. The first kappa shape index (κ1) is 14.9. The van der Waals surface area contributed by atoms with Crippen molar-refractivity contribution in [2.45, 2.75) is 19.4 Å². The van der Waals surface area contributed by atoms with E-state index < -0.39 is 5.82 Å². The van der Waals surface area contributed by atoms with Crippen molar-refractivity contribution in [1.29, 1.82) is 0 Å². The molecule has 0 saturated carbocycles. The first-order chi connectivity index (χ1) is 9.44. The van der Waals surface area contributed by atoms with E-state index in [4.69, 9.17) is 9.47 Å². The van der Waals surface area contributed by atoms with Gasteiger partial charge >= 0.3 is 0 Å². The highest BCUT2D eigenvalue weighted by Crippen LogP contribution is 2.23. The number of ether oxygens (including phenoxy) is 2. The Kier molecular flexibility index (Phi) is 4.40. The molecule has 1 aromatic carbocycles. The van der Waals surface area contributed by atoms with Crippen molar-refractivity contribution in [3.05, 3.63) is 29.6 Å². The highest BCUT2D eigenvalue weighted by Gasteiger charge is 2.32. The number of methoxy groups -OCH3 is 1. The molecular weight excluding hydrogens is 261 g/mol. The van der Waals surface area contributed by atoms with Crippen LogP contribution < -0.4 is 4.74 Å². The van der Waals surface area contributed by atoms with Gasteiger partial charge in [-0.25, -0.2) is 4.39 Å². The molecule has 1 heterocycles. The number of halogens is 1. The molecule has 0 spiro atoms. The van der Waals surface area contributed by atoms with Crippen LogP contribution in [0.5, 0.6) is 5.75 Å². The molecule has 4 nitrogen and oxygen atoms in total. The van der Waals surface area contributed by atoms with Crippen LogP contribution in [-0.4, -0.2) is 49.6 Å². The summed E-state index contributed by atoms with van der Waals surface area (Å²) in [4.78, 5) is 14.5. The van der Waals surface area contributed by atoms with Gasteiger partial charge in [0.25, 0.3) is 0 Å². The molecule has 1 aliphatic rings. The number of carbonyl (C=O) groups excluding carboxylic acids is 1. The zero-order chi connectivity index (χ0) is 14.8. The average Bonchev–Trinajstić information content (AvgIpc) is 2.41. The van der Waals surface area contributed by atoms with Gasteiger partial charge in [0.05, 0.1) is 32.4 Å². The Morgan fingerprint density at radius 1 is 1.50 bits per heavy atom. The lowest BCUT2D eigenvalue weighted by atomic mass is 10.0. The normalized spacial score (nSPS) is 18.8. The van der Waals surface area contributed by atoms with Crippen LogP contribution in [0.1, 0.15) is 24.2 Å². The van der Waals surface area contributed by atoms with E-state index in [1.165, 1.54) is 25.3 Å². The number of ketones is 1. The van der Waals surface area contributed by atoms with Crippen LogP contribution in [0.3, 0.4) is 0 Å². The third-order valence-corrected chi connectivity index (χ3v) is 3.61. The summed E-state index contributed by atoms with van der Waals surface area (Å²) in [6.07, 6.45) is 0. The molecule has 0 unspecified atom stereocenters. The predicted molar refractivity (Wildman–Crippen MR) is 73.8 cm³/mol. The minimum absolute atomic E-state index is 0.142. The monoisotopic (exact) mass is 281 g/mol. The summed E-state index contributed by atoms with van der Waals surface area (Å²) in [5.41, 5.74) is 0.0869. The molecule has 2 rings (SSSR count). The number of nitrogens with zero attached hydrogens (tertiary/aromatic N) is 1. The molecule has 0 aliphatic carbocycles. The zero-order valence-electron chi connectivity index (χ0n) is 12.1. The Morgan fingerprint density at radius 3 is 2.90 bits per heavy atom. The highest BCUT2D eigenvalue weighted by atomic mass is 19.1. The molecule has 110 valence electrons. The summed E-state index contributed by atoms with van der Waals surface area (Å²) in [5.74, 6) is -0.172. The summed E-state index contributed by atoms with van der Waals surface area (Å²) in [5, 5.41) is 0. The molecule has 1 fully saturated rings. The fourth-order valence-electron chi connectivity index (χ4n) is 2.34. The maximum Gasteiger partial charge on any atom is 0.180 e. The number of hydrogen-bond acceptors (Lipinski definition) is 4. The molecule has 20 heavy (non-hydrogen) atoms. The third-order valence-electron chi connectivity index (χ3n) is 3.61. The van der Waals surface area contributed by atoms with Gasteiger partial charge in [0.15, 0.2) is 5.78 Å². The first-order valence-electron chi connectivity index (χ1n) is 6.63. The Balaban J connectivity index is 2.17. The van der Waals surface area contributed by atoms with E-state index in [0.717, 1.165) is 0 Å². The van der Waals surface area contributed by atoms with Gasteiger partial charge in [0, 0.05) is 12.1 Å². The van der Waals surface area contributed by atoms with E-state index in [-0.39, 0.29) is 23.4 Å². The van der Waals surface area contributed by atoms with Crippen LogP contribution in [0.15, 0.2) is 18.2 Å². The van der Waals surface area contributed by atoms with E-state index in [2.05, 4.69) is 4.90 Å². The summed E-state index contributed by atoms with van der Waals surface area (Å²) in [6, 6.07) is 4.00. The van der Waals surface area contributed by atoms with Crippen molar-refractivity contribution in [3.63, 3.8) is 0 Å². The largest absolute Gasteiger partial charge is 0.496 e. The van der Waals surface area contributed by atoms with Gasteiger partial charge in [-0.15, -0.1) is 0 Å². The van der Waals surface area contributed by atoms with Crippen molar-refractivity contribution in [2.24, 2.45) is 0 Å². The maximum absolute atomic E-state index is 13.3. The summed E-state index contributed by atoms with van der Waals surface area (Å²) in [7, 11) is 1.47. The highest BCUT2D eigenvalue weighted by molar-refractivity contribution is 6.00. The molecule has 1 saturated heterocycles. The van der Waals surface area contributed by atoms with Crippen LogP contribution in [-0.2, 0) is 4.74 Å². The van der Waals surface area contributed by atoms with E-state index in [9.17, 15) is 9.18 Å². The maximum atomic E-state index is 13.3. The van der Waals surface area contributed by atoms with Crippen molar-refractivity contribution in [1.82, 2.24) is 4.90 Å². The van der Waals surface area contributed by atoms with E-state index in [1.807, 2.05) is 13.8 Å². The molecule has 5 heteroatoms. The van der Waals surface area contributed by atoms with Gasteiger partial charge in [-0.2, -0.15) is 0 Å². The van der Waals surface area contributed by atoms with Gasteiger partial charge in [-0.3, -0.25) is 9.69 Å². The third kappa shape index (κ3) is 3.16. The smallest absolute Gasteiger partial charge is 0.180 e. The summed E-state index contributed by atoms with van der Waals surface area (Å²) in [6.45, 7) is 6.18. The van der Waals surface area contributed by atoms with Crippen LogP contribution in [0.25, 0.3) is 0 Å². The lowest BCUT2D eigenvalue weighted by molar-refractivity contribution is -0.0467. The van der Waals surface area contributed by atoms with E-state index in [1.54, 1.807) is 0 Å². The van der Waals surface area contributed by atoms with E-state index >= 15 is 0 Å². The summed E-state index contributed by atoms with van der Waals surface area (Å²) >= 11 is 0. The first-order valence-corrected chi connectivity index (χ1v) is 6.63. The second-order valence-corrected chi connectivity index (χ2v) is 5.55. The second-order valence-electron chi connectivity index (χ2n) is 5.55. The standard InChI is InChI=1S/C15H20FNO3/c1-15(2)10-20-7-6-17(15)9-13(18)12-8-11(16)4-5-14(12)19-3/h4-5,8H,6-7,9-10H2,1-3H3. The molecule has 0 atom stereocenters. The SMILES string of the molecule is COc1ccc(F)cc1C(=O)CN1CCOCC1(C)C. The number of morpholine rings is 1. The van der Waals surface area contributed by atoms with Gasteiger partial charge < -0.3 is 9.47 Å². The van der Waals surface area contributed by atoms with Crippen LogP contribution in [0, 0.1) is 5.82 Å².